The number of benzene rings is 2. The minimum atomic E-state index is -0.554. The second kappa shape index (κ2) is 12.8. The summed E-state index contributed by atoms with van der Waals surface area (Å²) in [6, 6.07) is 9.98. The van der Waals surface area contributed by atoms with Gasteiger partial charge in [0.15, 0.2) is 0 Å². The van der Waals surface area contributed by atoms with E-state index in [9.17, 15) is 18.8 Å². The quantitative estimate of drug-likeness (QED) is 0.548. The Balaban J connectivity index is 1.12. The predicted molar refractivity (Wildman–Crippen MR) is 158 cm³/mol. The van der Waals surface area contributed by atoms with Gasteiger partial charge in [-0.15, -0.1) is 0 Å². The predicted octanol–water partition coefficient (Wildman–Crippen LogP) is 3.15. The first-order chi connectivity index (χ1) is 20.5. The zero-order valence-corrected chi connectivity index (χ0v) is 24.1. The van der Waals surface area contributed by atoms with Crippen molar-refractivity contribution in [3.63, 3.8) is 0 Å². The molecule has 9 nitrogen and oxygen atoms in total. The Labute approximate surface area is 246 Å². The average Bonchev–Trinajstić information content (AvgIpc) is 3.54. The van der Waals surface area contributed by atoms with Gasteiger partial charge < -0.3 is 30.1 Å². The standard InChI is InChI=1S/C32H40FN5O4/c33-25-16-24(17-26(19-25)38-11-10-35-21-30(38)39)32(41)37-14-12-36(13-15-37)31(40)23-6-7-29(42-27-8-9-34-20-27)28(18-23)22-4-2-1-3-5-22/h6-7,16-19,22,27,34-35H,1-5,8-15,20-21H2. The Morgan fingerprint density at radius 3 is 2.24 bits per heavy atom. The minimum absolute atomic E-state index is 0.0431. The Bertz CT molecular complexity index is 1320. The van der Waals surface area contributed by atoms with Crippen LogP contribution in [0.3, 0.4) is 0 Å². The minimum Gasteiger partial charge on any atom is -0.489 e. The number of rotatable bonds is 6. The van der Waals surface area contributed by atoms with E-state index in [1.54, 1.807) is 15.9 Å². The summed E-state index contributed by atoms with van der Waals surface area (Å²) in [7, 11) is 0. The third-order valence-electron chi connectivity index (χ3n) is 9.00. The van der Waals surface area contributed by atoms with E-state index in [1.165, 1.54) is 36.3 Å². The van der Waals surface area contributed by atoms with E-state index in [0.29, 0.717) is 56.4 Å². The van der Waals surface area contributed by atoms with Crippen molar-refractivity contribution in [3.8, 4) is 5.75 Å². The molecule has 6 rings (SSSR count). The molecule has 224 valence electrons. The highest BCUT2D eigenvalue weighted by atomic mass is 19.1. The molecule has 42 heavy (non-hydrogen) atoms. The topological polar surface area (TPSA) is 94.2 Å². The molecule has 2 N–H and O–H groups in total. The number of ether oxygens (including phenoxy) is 1. The third-order valence-corrected chi connectivity index (χ3v) is 9.00. The van der Waals surface area contributed by atoms with Gasteiger partial charge in [-0.3, -0.25) is 14.4 Å². The van der Waals surface area contributed by atoms with Crippen molar-refractivity contribution in [1.29, 1.82) is 0 Å². The molecule has 10 heteroatoms. The number of hydrogen-bond donors (Lipinski definition) is 2. The van der Waals surface area contributed by atoms with Crippen LogP contribution in [0.1, 0.15) is 70.7 Å². The zero-order chi connectivity index (χ0) is 29.1. The highest BCUT2D eigenvalue weighted by molar-refractivity contribution is 5.99. The number of anilines is 1. The first kappa shape index (κ1) is 28.6. The number of carbonyl (C=O) groups is 3. The van der Waals surface area contributed by atoms with Gasteiger partial charge in [-0.05, 0) is 73.7 Å². The van der Waals surface area contributed by atoms with Crippen LogP contribution >= 0.6 is 0 Å². The number of nitrogens with zero attached hydrogens (tertiary/aromatic N) is 3. The van der Waals surface area contributed by atoms with Gasteiger partial charge in [-0.1, -0.05) is 19.3 Å². The maximum absolute atomic E-state index is 14.5. The molecule has 0 radical (unpaired) electrons. The normalized spacial score (nSPS) is 22.0. The Morgan fingerprint density at radius 2 is 1.55 bits per heavy atom. The van der Waals surface area contributed by atoms with Gasteiger partial charge >= 0.3 is 0 Å². The van der Waals surface area contributed by atoms with E-state index in [2.05, 4.69) is 10.6 Å². The van der Waals surface area contributed by atoms with Crippen molar-refractivity contribution in [3.05, 3.63) is 58.9 Å². The fourth-order valence-electron chi connectivity index (χ4n) is 6.64. The van der Waals surface area contributed by atoms with Crippen LogP contribution in [-0.2, 0) is 4.79 Å². The van der Waals surface area contributed by atoms with Crippen LogP contribution in [0.15, 0.2) is 36.4 Å². The molecule has 3 amide bonds. The lowest BCUT2D eigenvalue weighted by Crippen LogP contribution is -2.50. The smallest absolute Gasteiger partial charge is 0.254 e. The van der Waals surface area contributed by atoms with Gasteiger partial charge in [0.05, 0.1) is 6.54 Å². The van der Waals surface area contributed by atoms with E-state index >= 15 is 0 Å². The first-order valence-electron chi connectivity index (χ1n) is 15.4. The maximum atomic E-state index is 14.5. The molecule has 1 saturated carbocycles. The van der Waals surface area contributed by atoms with E-state index in [0.717, 1.165) is 43.7 Å². The number of hydrogen-bond acceptors (Lipinski definition) is 6. The summed E-state index contributed by atoms with van der Waals surface area (Å²) < 4.78 is 20.9. The van der Waals surface area contributed by atoms with Crippen LogP contribution in [0, 0.1) is 5.82 Å². The highest BCUT2D eigenvalue weighted by Gasteiger charge is 2.29. The lowest BCUT2D eigenvalue weighted by molar-refractivity contribution is -0.118. The lowest BCUT2D eigenvalue weighted by atomic mass is 9.83. The van der Waals surface area contributed by atoms with Crippen LogP contribution < -0.4 is 20.3 Å². The number of nitrogens with one attached hydrogen (secondary N) is 2. The molecule has 4 aliphatic rings. The van der Waals surface area contributed by atoms with Crippen LogP contribution in [0.2, 0.25) is 0 Å². The van der Waals surface area contributed by atoms with Gasteiger partial charge in [-0.2, -0.15) is 0 Å². The first-order valence-corrected chi connectivity index (χ1v) is 15.4. The molecule has 0 spiro atoms. The second-order valence-electron chi connectivity index (χ2n) is 11.8. The van der Waals surface area contributed by atoms with Gasteiger partial charge in [0.1, 0.15) is 17.7 Å². The van der Waals surface area contributed by atoms with E-state index in [4.69, 9.17) is 4.74 Å². The number of halogens is 1. The monoisotopic (exact) mass is 577 g/mol. The molecule has 1 atom stereocenters. The molecule has 4 fully saturated rings. The molecule has 3 saturated heterocycles. The van der Waals surface area contributed by atoms with Gasteiger partial charge in [0.2, 0.25) is 5.91 Å². The summed E-state index contributed by atoms with van der Waals surface area (Å²) in [6.45, 7) is 4.53. The Morgan fingerprint density at radius 1 is 0.810 bits per heavy atom. The van der Waals surface area contributed by atoms with Crippen molar-refractivity contribution in [1.82, 2.24) is 20.4 Å². The number of carbonyl (C=O) groups excluding carboxylic acids is 3. The van der Waals surface area contributed by atoms with Crippen LogP contribution in [0.4, 0.5) is 10.1 Å². The van der Waals surface area contributed by atoms with Crippen LogP contribution in [0.5, 0.6) is 5.75 Å². The third kappa shape index (κ3) is 6.29. The molecule has 3 heterocycles. The molecule has 0 bridgehead atoms. The average molecular weight is 578 g/mol. The Kier molecular flexibility index (Phi) is 8.71. The van der Waals surface area contributed by atoms with E-state index in [1.807, 2.05) is 18.2 Å². The molecule has 0 aromatic heterocycles. The summed E-state index contributed by atoms with van der Waals surface area (Å²) in [5, 5.41) is 6.36. The van der Waals surface area contributed by atoms with Crippen molar-refractivity contribution in [2.75, 3.05) is 63.8 Å². The second-order valence-corrected chi connectivity index (χ2v) is 11.8. The van der Waals surface area contributed by atoms with Crippen LogP contribution in [0.25, 0.3) is 0 Å². The van der Waals surface area contributed by atoms with E-state index < -0.39 is 5.82 Å². The zero-order valence-electron chi connectivity index (χ0n) is 24.1. The molecule has 1 aliphatic carbocycles. The lowest BCUT2D eigenvalue weighted by Gasteiger charge is -2.35. The summed E-state index contributed by atoms with van der Waals surface area (Å²) in [4.78, 5) is 44.2. The fourth-order valence-corrected chi connectivity index (χ4v) is 6.64. The maximum Gasteiger partial charge on any atom is 0.254 e. The molecular weight excluding hydrogens is 537 g/mol. The number of amides is 3. The summed E-state index contributed by atoms with van der Waals surface area (Å²) >= 11 is 0. The molecule has 1 unspecified atom stereocenters. The Hall–Kier alpha value is -3.50. The SMILES string of the molecule is O=C(c1cc(F)cc(N2CCNCC2=O)c1)N1CCN(C(=O)c2ccc(OC3CCNC3)c(C3CCCCC3)c2)CC1. The summed E-state index contributed by atoms with van der Waals surface area (Å²) in [5.41, 5.74) is 2.40. The fraction of sp³-hybridized carbons (Fsp3) is 0.531. The van der Waals surface area contributed by atoms with Crippen molar-refractivity contribution < 1.29 is 23.5 Å². The van der Waals surface area contributed by atoms with Crippen LogP contribution in [-0.4, -0.2) is 92.5 Å². The van der Waals surface area contributed by atoms with Crippen molar-refractivity contribution in [2.24, 2.45) is 0 Å². The highest BCUT2D eigenvalue weighted by Crippen LogP contribution is 2.39. The summed E-state index contributed by atoms with van der Waals surface area (Å²) in [6.07, 6.45) is 7.02. The van der Waals surface area contributed by atoms with E-state index in [-0.39, 0.29) is 35.9 Å². The summed E-state index contributed by atoms with van der Waals surface area (Å²) in [5.74, 6) is 0.254. The molecule has 3 aliphatic heterocycles. The molecule has 2 aromatic rings. The molecule has 2 aromatic carbocycles. The van der Waals surface area contributed by atoms with Crippen molar-refractivity contribution in [2.45, 2.75) is 50.5 Å². The van der Waals surface area contributed by atoms with Gasteiger partial charge in [0.25, 0.3) is 11.8 Å². The van der Waals surface area contributed by atoms with Crippen molar-refractivity contribution >= 4 is 23.4 Å². The molecular formula is C32H40FN5O4. The van der Waals surface area contributed by atoms with Gasteiger partial charge in [-0.25, -0.2) is 4.39 Å². The largest absolute Gasteiger partial charge is 0.489 e. The van der Waals surface area contributed by atoms with Gasteiger partial charge in [0, 0.05) is 62.6 Å². The number of piperazine rings is 2.